The van der Waals surface area contributed by atoms with Gasteiger partial charge in [-0.25, -0.2) is 0 Å². The van der Waals surface area contributed by atoms with Crippen LogP contribution in [-0.2, 0) is 6.54 Å². The van der Waals surface area contributed by atoms with Crippen molar-refractivity contribution in [3.8, 4) is 0 Å². The first-order valence-corrected chi connectivity index (χ1v) is 7.45. The lowest BCUT2D eigenvalue weighted by atomic mass is 9.94. The summed E-state index contributed by atoms with van der Waals surface area (Å²) in [4.78, 5) is 2.43. The Balaban J connectivity index is 1.57. The molecule has 0 aliphatic carbocycles. The number of furan rings is 1. The van der Waals surface area contributed by atoms with Crippen LogP contribution in [0.5, 0.6) is 0 Å². The topological polar surface area (TPSA) is 28.4 Å². The lowest BCUT2D eigenvalue weighted by molar-refractivity contribution is 0.211. The van der Waals surface area contributed by atoms with Gasteiger partial charge in [0, 0.05) is 0 Å². The third kappa shape index (κ3) is 4.60. The van der Waals surface area contributed by atoms with E-state index < -0.39 is 0 Å². The number of rotatable bonds is 5. The van der Waals surface area contributed by atoms with Gasteiger partial charge in [-0.05, 0) is 86.6 Å². The van der Waals surface area contributed by atoms with Gasteiger partial charge in [-0.2, -0.15) is 0 Å². The summed E-state index contributed by atoms with van der Waals surface area (Å²) in [5, 5.41) is 3.46. The van der Waals surface area contributed by atoms with Crippen molar-refractivity contribution in [2.75, 3.05) is 26.7 Å². The van der Waals surface area contributed by atoms with Gasteiger partial charge in [-0.15, -0.1) is 0 Å². The lowest BCUT2D eigenvalue weighted by Crippen LogP contribution is -2.31. The predicted molar refractivity (Wildman–Crippen MR) is 78.0 cm³/mol. The molecule has 0 spiro atoms. The van der Waals surface area contributed by atoms with Crippen LogP contribution in [0.2, 0.25) is 0 Å². The molecule has 1 fully saturated rings. The van der Waals surface area contributed by atoms with Crippen molar-refractivity contribution in [3.05, 3.63) is 21.7 Å². The van der Waals surface area contributed by atoms with E-state index in [2.05, 4.69) is 39.9 Å². The Labute approximate surface area is 117 Å². The monoisotopic (exact) mass is 348 g/mol. The van der Waals surface area contributed by atoms with Crippen molar-refractivity contribution in [1.82, 2.24) is 10.2 Å². The van der Waals surface area contributed by atoms with Crippen molar-refractivity contribution in [1.29, 1.82) is 0 Å². The number of hydrogen-bond donors (Lipinski definition) is 1. The lowest BCUT2D eigenvalue weighted by Gasteiger charge is -2.28. The Hall–Kier alpha value is -0.0700. The van der Waals surface area contributed by atoms with Crippen LogP contribution in [0.3, 0.4) is 0 Å². The van der Waals surface area contributed by atoms with Crippen molar-refractivity contribution < 1.29 is 4.42 Å². The van der Waals surface area contributed by atoms with E-state index in [1.807, 2.05) is 12.1 Å². The molecule has 0 saturated carbocycles. The number of hydrogen-bond acceptors (Lipinski definition) is 3. The highest BCUT2D eigenvalue weighted by Gasteiger charge is 2.15. The minimum absolute atomic E-state index is 0.857. The van der Waals surface area contributed by atoms with Crippen LogP contribution >= 0.6 is 22.6 Å². The normalized spacial score (nSPS) is 18.7. The Morgan fingerprint density at radius 2 is 2.18 bits per heavy atom. The van der Waals surface area contributed by atoms with E-state index in [1.165, 1.54) is 32.4 Å². The third-order valence-corrected chi connectivity index (χ3v) is 4.08. The van der Waals surface area contributed by atoms with Crippen LogP contribution in [0.25, 0.3) is 0 Å². The standard InChI is InChI=1S/C13H21IN2O/c1-16-8-5-11(6-9-16)4-7-15-10-12-2-3-13(14)17-12/h2-3,11,15H,4-10H2,1H3. The molecular weight excluding hydrogens is 327 g/mol. The first kappa shape index (κ1) is 13.4. The fraction of sp³-hybridized carbons (Fsp3) is 0.692. The first-order valence-electron chi connectivity index (χ1n) is 6.37. The van der Waals surface area contributed by atoms with E-state index in [-0.39, 0.29) is 0 Å². The summed E-state index contributed by atoms with van der Waals surface area (Å²) >= 11 is 2.20. The molecule has 1 saturated heterocycles. The van der Waals surface area contributed by atoms with Crippen molar-refractivity contribution in [3.63, 3.8) is 0 Å². The smallest absolute Gasteiger partial charge is 0.164 e. The molecule has 1 aromatic heterocycles. The fourth-order valence-corrected chi connectivity index (χ4v) is 2.78. The van der Waals surface area contributed by atoms with Gasteiger partial charge in [0.25, 0.3) is 0 Å². The zero-order chi connectivity index (χ0) is 12.1. The van der Waals surface area contributed by atoms with Gasteiger partial charge in [0.05, 0.1) is 6.54 Å². The second-order valence-corrected chi connectivity index (χ2v) is 5.98. The van der Waals surface area contributed by atoms with Gasteiger partial charge in [0.15, 0.2) is 3.77 Å². The number of likely N-dealkylation sites (tertiary alicyclic amines) is 1. The Morgan fingerprint density at radius 1 is 1.41 bits per heavy atom. The molecule has 2 heterocycles. The Kier molecular flexibility index (Phi) is 5.31. The van der Waals surface area contributed by atoms with Crippen molar-refractivity contribution in [2.45, 2.75) is 25.8 Å². The summed E-state index contributed by atoms with van der Waals surface area (Å²) in [5.41, 5.74) is 0. The maximum Gasteiger partial charge on any atom is 0.164 e. The zero-order valence-electron chi connectivity index (χ0n) is 10.4. The van der Waals surface area contributed by atoms with Crippen LogP contribution in [0.15, 0.2) is 16.5 Å². The van der Waals surface area contributed by atoms with E-state index in [4.69, 9.17) is 4.42 Å². The molecule has 2 rings (SSSR count). The summed E-state index contributed by atoms with van der Waals surface area (Å²) in [5.74, 6) is 1.95. The maximum absolute atomic E-state index is 5.51. The summed E-state index contributed by atoms with van der Waals surface area (Å²) in [7, 11) is 2.22. The molecular formula is C13H21IN2O. The van der Waals surface area contributed by atoms with Gasteiger partial charge in [0.2, 0.25) is 0 Å². The molecule has 0 unspecified atom stereocenters. The first-order chi connectivity index (χ1) is 8.24. The van der Waals surface area contributed by atoms with Crippen LogP contribution in [0.1, 0.15) is 25.0 Å². The van der Waals surface area contributed by atoms with Gasteiger partial charge in [0.1, 0.15) is 5.76 Å². The molecule has 0 atom stereocenters. The molecule has 17 heavy (non-hydrogen) atoms. The van der Waals surface area contributed by atoms with Crippen LogP contribution in [-0.4, -0.2) is 31.6 Å². The highest BCUT2D eigenvalue weighted by Crippen LogP contribution is 2.18. The average molecular weight is 348 g/mol. The van der Waals surface area contributed by atoms with E-state index in [0.29, 0.717) is 0 Å². The number of nitrogens with zero attached hydrogens (tertiary/aromatic N) is 1. The third-order valence-electron chi connectivity index (χ3n) is 3.50. The molecule has 0 radical (unpaired) electrons. The largest absolute Gasteiger partial charge is 0.454 e. The van der Waals surface area contributed by atoms with Crippen LogP contribution < -0.4 is 5.32 Å². The number of piperidine rings is 1. The van der Waals surface area contributed by atoms with Gasteiger partial charge < -0.3 is 14.6 Å². The molecule has 1 aromatic rings. The van der Waals surface area contributed by atoms with E-state index in [9.17, 15) is 0 Å². The second kappa shape index (κ2) is 6.75. The summed E-state index contributed by atoms with van der Waals surface area (Å²) < 4.78 is 6.47. The van der Waals surface area contributed by atoms with E-state index >= 15 is 0 Å². The zero-order valence-corrected chi connectivity index (χ0v) is 12.6. The summed E-state index contributed by atoms with van der Waals surface area (Å²) in [6, 6.07) is 4.05. The SMILES string of the molecule is CN1CCC(CCNCc2ccc(I)o2)CC1. The molecule has 1 N–H and O–H groups in total. The molecule has 4 heteroatoms. The van der Waals surface area contributed by atoms with Gasteiger partial charge in [-0.3, -0.25) is 0 Å². The molecule has 1 aliphatic rings. The molecule has 96 valence electrons. The predicted octanol–water partition coefficient (Wildman–Crippen LogP) is 2.71. The maximum atomic E-state index is 5.51. The Bertz CT molecular complexity index is 332. The van der Waals surface area contributed by atoms with Crippen LogP contribution in [0.4, 0.5) is 0 Å². The van der Waals surface area contributed by atoms with Crippen molar-refractivity contribution >= 4 is 22.6 Å². The highest BCUT2D eigenvalue weighted by molar-refractivity contribution is 14.1. The van der Waals surface area contributed by atoms with Gasteiger partial charge >= 0.3 is 0 Å². The molecule has 3 nitrogen and oxygen atoms in total. The van der Waals surface area contributed by atoms with Crippen molar-refractivity contribution in [2.24, 2.45) is 5.92 Å². The number of nitrogens with one attached hydrogen (secondary N) is 1. The second-order valence-electron chi connectivity index (χ2n) is 4.92. The summed E-state index contributed by atoms with van der Waals surface area (Å²) in [6.07, 6.45) is 4.01. The van der Waals surface area contributed by atoms with E-state index in [1.54, 1.807) is 0 Å². The molecule has 0 bridgehead atoms. The van der Waals surface area contributed by atoms with Gasteiger partial charge in [-0.1, -0.05) is 0 Å². The Morgan fingerprint density at radius 3 is 2.82 bits per heavy atom. The average Bonchev–Trinajstić information content (AvgIpc) is 2.73. The molecule has 0 aromatic carbocycles. The summed E-state index contributed by atoms with van der Waals surface area (Å²) in [6.45, 7) is 4.49. The van der Waals surface area contributed by atoms with E-state index in [0.717, 1.165) is 28.5 Å². The highest BCUT2D eigenvalue weighted by atomic mass is 127. The molecule has 0 amide bonds. The quantitative estimate of drug-likeness (QED) is 0.655. The number of halogens is 1. The van der Waals surface area contributed by atoms with Crippen LogP contribution in [0, 0.1) is 9.68 Å². The molecule has 1 aliphatic heterocycles. The minimum Gasteiger partial charge on any atom is -0.454 e. The fourth-order valence-electron chi connectivity index (χ4n) is 2.32. The minimum atomic E-state index is 0.857.